The molecule has 0 bridgehead atoms. The minimum absolute atomic E-state index is 0.00397. The van der Waals surface area contributed by atoms with Gasteiger partial charge in [0.1, 0.15) is 16.7 Å². The van der Waals surface area contributed by atoms with Crippen molar-refractivity contribution in [1.82, 2.24) is 9.29 Å². The van der Waals surface area contributed by atoms with Crippen LogP contribution >= 0.6 is 11.6 Å². The van der Waals surface area contributed by atoms with Gasteiger partial charge in [0, 0.05) is 24.8 Å². The van der Waals surface area contributed by atoms with Gasteiger partial charge >= 0.3 is 0 Å². The Morgan fingerprint density at radius 3 is 2.41 bits per heavy atom. The molecule has 3 rings (SSSR count). The van der Waals surface area contributed by atoms with E-state index in [1.54, 1.807) is 13.8 Å². The van der Waals surface area contributed by atoms with Crippen LogP contribution < -0.4 is 10.1 Å². The van der Waals surface area contributed by atoms with E-state index in [1.165, 1.54) is 65.1 Å². The highest BCUT2D eigenvalue weighted by molar-refractivity contribution is 7.89. The zero-order chi connectivity index (χ0) is 23.3. The second-order valence-corrected chi connectivity index (χ2v) is 8.95. The van der Waals surface area contributed by atoms with Crippen LogP contribution in [0.15, 0.2) is 65.7 Å². The molecule has 10 heteroatoms. The van der Waals surface area contributed by atoms with Crippen molar-refractivity contribution < 1.29 is 22.3 Å². The number of nitrogens with one attached hydrogen (secondary N) is 1. The zero-order valence-electron chi connectivity index (χ0n) is 17.4. The molecule has 1 heterocycles. The molecule has 0 aliphatic rings. The molecule has 1 amide bonds. The highest BCUT2D eigenvalue weighted by Crippen LogP contribution is 2.33. The van der Waals surface area contributed by atoms with Crippen molar-refractivity contribution in [2.24, 2.45) is 0 Å². The summed E-state index contributed by atoms with van der Waals surface area (Å²) in [6.07, 6.45) is 1.38. The third-order valence-corrected chi connectivity index (χ3v) is 6.83. The van der Waals surface area contributed by atoms with Gasteiger partial charge in [-0.1, -0.05) is 25.4 Å². The van der Waals surface area contributed by atoms with Gasteiger partial charge in [0.25, 0.3) is 5.91 Å². The van der Waals surface area contributed by atoms with E-state index in [2.05, 4.69) is 10.3 Å². The van der Waals surface area contributed by atoms with Crippen molar-refractivity contribution in [3.63, 3.8) is 0 Å². The van der Waals surface area contributed by atoms with Crippen molar-refractivity contribution in [1.29, 1.82) is 0 Å². The summed E-state index contributed by atoms with van der Waals surface area (Å²) < 4.78 is 46.2. The van der Waals surface area contributed by atoms with Crippen LogP contribution in [0.5, 0.6) is 11.5 Å². The van der Waals surface area contributed by atoms with Gasteiger partial charge in [0.2, 0.25) is 10.0 Å². The number of hydrogen-bond acceptors (Lipinski definition) is 5. The molecule has 1 aromatic heterocycles. The molecule has 0 aliphatic heterocycles. The third kappa shape index (κ3) is 5.42. The second kappa shape index (κ2) is 10.1. The average Bonchev–Trinajstić information content (AvgIpc) is 2.77. The van der Waals surface area contributed by atoms with Crippen LogP contribution in [0.2, 0.25) is 5.15 Å². The van der Waals surface area contributed by atoms with Gasteiger partial charge in [-0.15, -0.1) is 0 Å². The molecule has 3 aromatic rings. The summed E-state index contributed by atoms with van der Waals surface area (Å²) in [5.74, 6) is -0.464. The molecular formula is C22H21ClFN3O4S. The number of aromatic nitrogens is 1. The molecule has 0 saturated carbocycles. The summed E-state index contributed by atoms with van der Waals surface area (Å²) in [5.41, 5.74) is 0.357. The quantitative estimate of drug-likeness (QED) is 0.464. The first-order valence-electron chi connectivity index (χ1n) is 9.75. The van der Waals surface area contributed by atoms with Gasteiger partial charge in [-0.2, -0.15) is 4.31 Å². The Kier molecular flexibility index (Phi) is 7.44. The van der Waals surface area contributed by atoms with E-state index in [0.29, 0.717) is 18.8 Å². The van der Waals surface area contributed by atoms with Crippen LogP contribution in [0.25, 0.3) is 0 Å². The normalized spacial score (nSPS) is 11.4. The van der Waals surface area contributed by atoms with E-state index in [0.717, 1.165) is 0 Å². The third-order valence-electron chi connectivity index (χ3n) is 4.57. The number of anilines is 1. The van der Waals surface area contributed by atoms with Gasteiger partial charge < -0.3 is 10.1 Å². The van der Waals surface area contributed by atoms with Crippen LogP contribution in [0.4, 0.5) is 10.1 Å². The van der Waals surface area contributed by atoms with Crippen molar-refractivity contribution in [2.45, 2.75) is 18.7 Å². The molecule has 2 aromatic carbocycles. The molecule has 0 saturated heterocycles. The number of carbonyl (C=O) groups excluding carboxylic acids is 1. The van der Waals surface area contributed by atoms with Gasteiger partial charge in [0.15, 0.2) is 5.75 Å². The number of pyridine rings is 1. The maximum Gasteiger partial charge on any atom is 0.255 e. The SMILES string of the molecule is CCN(CC)S(=O)(=O)c1ccc(Oc2ccc(F)cc2)c(NC(=O)c2ccnc(Cl)c2)c1. The topological polar surface area (TPSA) is 88.6 Å². The number of rotatable bonds is 8. The van der Waals surface area contributed by atoms with Crippen LogP contribution in [-0.2, 0) is 10.0 Å². The van der Waals surface area contributed by atoms with Gasteiger partial charge in [-0.25, -0.2) is 17.8 Å². The maximum atomic E-state index is 13.2. The fourth-order valence-electron chi connectivity index (χ4n) is 2.94. The fraction of sp³-hybridized carbons (Fsp3) is 0.182. The molecule has 0 aliphatic carbocycles. The van der Waals surface area contributed by atoms with Gasteiger partial charge in [-0.05, 0) is 54.6 Å². The van der Waals surface area contributed by atoms with Crippen LogP contribution in [0.3, 0.4) is 0 Å². The van der Waals surface area contributed by atoms with Crippen molar-refractivity contribution in [3.8, 4) is 11.5 Å². The van der Waals surface area contributed by atoms with Crippen molar-refractivity contribution in [2.75, 3.05) is 18.4 Å². The molecule has 32 heavy (non-hydrogen) atoms. The summed E-state index contributed by atoms with van der Waals surface area (Å²) in [6, 6.07) is 12.3. The number of ether oxygens (including phenoxy) is 1. The first kappa shape index (κ1) is 23.6. The smallest absolute Gasteiger partial charge is 0.255 e. The van der Waals surface area contributed by atoms with Crippen LogP contribution in [0, 0.1) is 5.82 Å². The predicted molar refractivity (Wildman–Crippen MR) is 120 cm³/mol. The van der Waals surface area contributed by atoms with E-state index < -0.39 is 21.7 Å². The Morgan fingerprint density at radius 2 is 1.78 bits per heavy atom. The molecule has 0 atom stereocenters. The number of amides is 1. The average molecular weight is 478 g/mol. The lowest BCUT2D eigenvalue weighted by Gasteiger charge is -2.20. The van der Waals surface area contributed by atoms with E-state index in [9.17, 15) is 17.6 Å². The summed E-state index contributed by atoms with van der Waals surface area (Å²) >= 11 is 5.86. The number of hydrogen-bond donors (Lipinski definition) is 1. The molecule has 1 N–H and O–H groups in total. The van der Waals surface area contributed by atoms with E-state index in [1.807, 2.05) is 0 Å². The fourth-order valence-corrected chi connectivity index (χ4v) is 4.60. The summed E-state index contributed by atoms with van der Waals surface area (Å²) in [5, 5.41) is 2.80. The first-order valence-corrected chi connectivity index (χ1v) is 11.6. The maximum absolute atomic E-state index is 13.2. The second-order valence-electron chi connectivity index (χ2n) is 6.62. The largest absolute Gasteiger partial charge is 0.455 e. The molecule has 0 fully saturated rings. The van der Waals surface area contributed by atoms with Crippen LogP contribution in [0.1, 0.15) is 24.2 Å². The minimum Gasteiger partial charge on any atom is -0.455 e. The summed E-state index contributed by atoms with van der Waals surface area (Å²) in [7, 11) is -3.78. The Balaban J connectivity index is 2.02. The van der Waals surface area contributed by atoms with E-state index in [-0.39, 0.29) is 27.0 Å². The first-order chi connectivity index (χ1) is 15.2. The minimum atomic E-state index is -3.78. The highest BCUT2D eigenvalue weighted by Gasteiger charge is 2.24. The lowest BCUT2D eigenvalue weighted by Crippen LogP contribution is -2.30. The highest BCUT2D eigenvalue weighted by atomic mass is 35.5. The van der Waals surface area contributed by atoms with Crippen LogP contribution in [-0.4, -0.2) is 36.7 Å². The Labute approximate surface area is 190 Å². The molecular weight excluding hydrogens is 457 g/mol. The van der Waals surface area contributed by atoms with Crippen molar-refractivity contribution >= 4 is 33.2 Å². The summed E-state index contributed by atoms with van der Waals surface area (Å²) in [4.78, 5) is 16.6. The van der Waals surface area contributed by atoms with Gasteiger partial charge in [0.05, 0.1) is 10.6 Å². The lowest BCUT2D eigenvalue weighted by atomic mass is 10.2. The van der Waals surface area contributed by atoms with E-state index >= 15 is 0 Å². The number of nitrogens with zero attached hydrogens (tertiary/aromatic N) is 2. The Morgan fingerprint density at radius 1 is 1.09 bits per heavy atom. The molecule has 0 unspecified atom stereocenters. The molecule has 168 valence electrons. The number of halogens is 2. The summed E-state index contributed by atoms with van der Waals surface area (Å²) in [6.45, 7) is 4.07. The molecule has 0 radical (unpaired) electrons. The van der Waals surface area contributed by atoms with Crippen molar-refractivity contribution in [3.05, 3.63) is 77.3 Å². The van der Waals surface area contributed by atoms with Gasteiger partial charge in [-0.3, -0.25) is 4.79 Å². The number of benzene rings is 2. The number of carbonyl (C=O) groups is 1. The number of sulfonamides is 1. The standard InChI is InChI=1S/C22H21ClFN3O4S/c1-3-27(4-2)32(29,30)18-9-10-20(31-17-7-5-16(24)6-8-17)19(14-18)26-22(28)15-11-12-25-21(23)13-15/h5-14H,3-4H2,1-2H3,(H,26,28). The molecule has 0 spiro atoms. The monoisotopic (exact) mass is 477 g/mol. The lowest BCUT2D eigenvalue weighted by molar-refractivity contribution is 0.102. The Bertz CT molecular complexity index is 1220. The van der Waals surface area contributed by atoms with E-state index in [4.69, 9.17) is 16.3 Å². The zero-order valence-corrected chi connectivity index (χ0v) is 19.0. The predicted octanol–water partition coefficient (Wildman–Crippen LogP) is 4.95. The molecule has 7 nitrogen and oxygen atoms in total. The Hall–Kier alpha value is -3.01.